The third-order valence-electron chi connectivity index (χ3n) is 20.4. The average molecular weight is 947 g/mol. The summed E-state index contributed by atoms with van der Waals surface area (Å²) in [6, 6.07) is 63.4. The van der Waals surface area contributed by atoms with Gasteiger partial charge in [0, 0.05) is 34.1 Å². The second-order valence-corrected chi connectivity index (χ2v) is 24.9. The van der Waals surface area contributed by atoms with Gasteiger partial charge in [-0.1, -0.05) is 107 Å². The second kappa shape index (κ2) is 15.7. The van der Waals surface area contributed by atoms with Crippen LogP contribution in [0.4, 0.5) is 34.1 Å². The molecule has 73 heavy (non-hydrogen) atoms. The minimum absolute atomic E-state index is 0.517. The highest BCUT2D eigenvalue weighted by Crippen LogP contribution is 2.68. The van der Waals surface area contributed by atoms with Gasteiger partial charge in [-0.3, -0.25) is 0 Å². The van der Waals surface area contributed by atoms with Crippen molar-refractivity contribution >= 4 is 34.1 Å². The summed E-state index contributed by atoms with van der Waals surface area (Å²) in [7, 11) is 0. The van der Waals surface area contributed by atoms with Crippen LogP contribution in [0.5, 0.6) is 0 Å². The van der Waals surface area contributed by atoms with Gasteiger partial charge in [0.05, 0.1) is 5.41 Å². The molecule has 8 aromatic rings. The highest BCUT2D eigenvalue weighted by atomic mass is 15.1. The van der Waals surface area contributed by atoms with Crippen molar-refractivity contribution in [3.05, 3.63) is 224 Å². The van der Waals surface area contributed by atoms with Crippen molar-refractivity contribution in [2.45, 2.75) is 121 Å². The first-order valence-electron chi connectivity index (χ1n) is 28.2. The zero-order valence-corrected chi connectivity index (χ0v) is 43.1. The molecule has 0 saturated heterocycles. The fourth-order valence-electron chi connectivity index (χ4n) is 17.4. The van der Waals surface area contributed by atoms with Gasteiger partial charge in [0.15, 0.2) is 0 Å². The lowest BCUT2D eigenvalue weighted by molar-refractivity contribution is 0.165. The van der Waals surface area contributed by atoms with E-state index in [0.717, 1.165) is 23.7 Å². The van der Waals surface area contributed by atoms with E-state index in [4.69, 9.17) is 0 Å². The maximum absolute atomic E-state index is 2.87. The first-order chi connectivity index (χ1) is 35.7. The van der Waals surface area contributed by atoms with Crippen molar-refractivity contribution in [2.75, 3.05) is 9.80 Å². The number of nitrogens with zero attached hydrogens (tertiary/aromatic N) is 2. The van der Waals surface area contributed by atoms with Crippen LogP contribution in [0.25, 0.3) is 22.3 Å². The molecule has 8 bridgehead atoms. The fourth-order valence-corrected chi connectivity index (χ4v) is 17.4. The maximum Gasteiger partial charge on any atom is 0.0727 e. The molecular weight excluding hydrogens is 881 g/mol. The summed E-state index contributed by atoms with van der Waals surface area (Å²) in [5.41, 5.74) is 30.3. The predicted octanol–water partition coefficient (Wildman–Crippen LogP) is 19.0. The van der Waals surface area contributed by atoms with E-state index in [0.29, 0.717) is 23.7 Å². The van der Waals surface area contributed by atoms with Crippen LogP contribution < -0.4 is 9.80 Å². The summed E-state index contributed by atoms with van der Waals surface area (Å²) in [4.78, 5) is 5.04. The molecule has 18 rings (SSSR count). The highest BCUT2D eigenvalue weighted by molar-refractivity contribution is 5.98. The Labute approximate surface area is 433 Å². The van der Waals surface area contributed by atoms with E-state index < -0.39 is 5.41 Å². The van der Waals surface area contributed by atoms with Crippen molar-refractivity contribution in [3.8, 4) is 22.3 Å². The van der Waals surface area contributed by atoms with Gasteiger partial charge in [-0.05, 0) is 279 Å². The molecule has 4 fully saturated rings. The first-order valence-corrected chi connectivity index (χ1v) is 28.2. The van der Waals surface area contributed by atoms with E-state index in [1.165, 1.54) is 154 Å². The van der Waals surface area contributed by atoms with Gasteiger partial charge >= 0.3 is 0 Å². The monoisotopic (exact) mass is 947 g/mol. The quantitative estimate of drug-likeness (QED) is 0.164. The largest absolute Gasteiger partial charge is 0.310 e. The van der Waals surface area contributed by atoms with Crippen LogP contribution in [0.1, 0.15) is 155 Å². The molecule has 0 aromatic heterocycles. The summed E-state index contributed by atoms with van der Waals surface area (Å²) in [6.07, 6.45) is 13.9. The molecule has 0 aliphatic heterocycles. The number of anilines is 6. The Hall–Kier alpha value is -6.64. The predicted molar refractivity (Wildman–Crippen MR) is 302 cm³/mol. The minimum atomic E-state index is -0.517. The van der Waals surface area contributed by atoms with Crippen molar-refractivity contribution in [3.63, 3.8) is 0 Å². The molecule has 360 valence electrons. The summed E-state index contributed by atoms with van der Waals surface area (Å²) in [5.74, 6) is 6.14. The number of benzene rings is 8. The van der Waals surface area contributed by atoms with E-state index in [9.17, 15) is 0 Å². The topological polar surface area (TPSA) is 6.48 Å². The van der Waals surface area contributed by atoms with Crippen molar-refractivity contribution in [1.29, 1.82) is 0 Å². The van der Waals surface area contributed by atoms with E-state index in [2.05, 4.69) is 195 Å². The van der Waals surface area contributed by atoms with Gasteiger partial charge in [-0.15, -0.1) is 0 Å². The van der Waals surface area contributed by atoms with Crippen LogP contribution in [-0.2, 0) is 5.41 Å². The van der Waals surface area contributed by atoms with Gasteiger partial charge in [0.25, 0.3) is 0 Å². The van der Waals surface area contributed by atoms with E-state index in [1.54, 1.807) is 33.4 Å². The van der Waals surface area contributed by atoms with Crippen molar-refractivity contribution in [1.82, 2.24) is 0 Å². The Morgan fingerprint density at radius 2 is 0.534 bits per heavy atom. The molecule has 10 aliphatic carbocycles. The Bertz CT molecular complexity index is 3200. The molecule has 0 heterocycles. The average Bonchev–Trinajstić information content (AvgIpc) is 3.71. The Kier molecular flexibility index (Phi) is 9.20. The number of aryl methyl sites for hydroxylation is 4. The van der Waals surface area contributed by atoms with Gasteiger partial charge < -0.3 is 9.80 Å². The molecule has 2 heteroatoms. The minimum Gasteiger partial charge on any atom is -0.310 e. The van der Waals surface area contributed by atoms with Gasteiger partial charge in [-0.25, -0.2) is 0 Å². The summed E-state index contributed by atoms with van der Waals surface area (Å²) >= 11 is 0. The molecule has 0 amide bonds. The fraction of sp³-hybridized carbons (Fsp3) is 0.324. The van der Waals surface area contributed by atoms with Gasteiger partial charge in [0.2, 0.25) is 0 Å². The van der Waals surface area contributed by atoms with Crippen molar-refractivity contribution < 1.29 is 0 Å². The molecule has 4 unspecified atom stereocenters. The third-order valence-corrected chi connectivity index (χ3v) is 20.4. The number of hydrogen-bond donors (Lipinski definition) is 0. The summed E-state index contributed by atoms with van der Waals surface area (Å²) in [5, 5.41) is 0. The smallest absolute Gasteiger partial charge is 0.0727 e. The van der Waals surface area contributed by atoms with Gasteiger partial charge in [-0.2, -0.15) is 0 Å². The van der Waals surface area contributed by atoms with Crippen molar-refractivity contribution in [2.24, 2.45) is 23.7 Å². The van der Waals surface area contributed by atoms with Crippen LogP contribution in [0.3, 0.4) is 0 Å². The standard InChI is InChI=1S/C71H66N2/c1-41-5-13-53(14-6-41)72(54-15-7-42(2)8-16-54)57-21-23-59-60-24-22-58(73(55-17-9-43(3)10-18-55)56-19-11-44(4)12-20-56)36-68(60)71(67(59)35-57)69-39-63-51-31-45-25-46(32-51)28-49(27-45)61(63)37-65(69)66-38-62-50-29-47-26-48(30-50)34-52(33-47)64(62)40-70(66)71/h5-24,35-40,45-52H,25-34H2,1-4H3. The molecule has 4 saturated carbocycles. The van der Waals surface area contributed by atoms with Crippen LogP contribution in [0, 0.1) is 51.4 Å². The highest BCUT2D eigenvalue weighted by Gasteiger charge is 2.55. The van der Waals surface area contributed by atoms with E-state index in [1.807, 2.05) is 0 Å². The zero-order valence-electron chi connectivity index (χ0n) is 43.1. The number of fused-ring (bicyclic) bond motifs is 10. The number of rotatable bonds is 6. The van der Waals surface area contributed by atoms with Crippen LogP contribution in [0.2, 0.25) is 0 Å². The Morgan fingerprint density at radius 1 is 0.274 bits per heavy atom. The lowest BCUT2D eigenvalue weighted by Gasteiger charge is -2.38. The second-order valence-electron chi connectivity index (χ2n) is 24.9. The van der Waals surface area contributed by atoms with Crippen LogP contribution in [0.15, 0.2) is 158 Å². The van der Waals surface area contributed by atoms with Crippen LogP contribution >= 0.6 is 0 Å². The Morgan fingerprint density at radius 3 is 0.836 bits per heavy atom. The van der Waals surface area contributed by atoms with Crippen LogP contribution in [-0.4, -0.2) is 0 Å². The van der Waals surface area contributed by atoms with E-state index >= 15 is 0 Å². The summed E-state index contributed by atoms with van der Waals surface area (Å²) < 4.78 is 0. The molecule has 1 spiro atoms. The molecule has 10 aliphatic rings. The Balaban J connectivity index is 1.01. The lowest BCUT2D eigenvalue weighted by atomic mass is 9.66. The normalized spacial score (nSPS) is 25.4. The molecular formula is C71H66N2. The zero-order chi connectivity index (χ0) is 48.4. The molecule has 0 radical (unpaired) electrons. The summed E-state index contributed by atoms with van der Waals surface area (Å²) in [6.45, 7) is 8.81. The van der Waals surface area contributed by atoms with E-state index in [-0.39, 0.29) is 0 Å². The van der Waals surface area contributed by atoms with Gasteiger partial charge in [0.1, 0.15) is 0 Å². The number of hydrogen-bond acceptors (Lipinski definition) is 2. The first kappa shape index (κ1) is 42.8. The molecule has 8 aromatic carbocycles. The molecule has 0 N–H and O–H groups in total. The third kappa shape index (κ3) is 6.34. The molecule has 2 nitrogen and oxygen atoms in total. The SMILES string of the molecule is Cc1ccc(N(c2ccc(C)cc2)c2ccc3c(c2)C2(c4cc(N(c5ccc(C)cc5)c5ccc(C)cc5)ccc4-3)c3cc4c(cc3-c3cc5c(cc32)C2CC3CC(CC5C3)C2)C2CC3CC(C2)CC4C3)cc1. The maximum atomic E-state index is 2.87. The molecule has 4 atom stereocenters. The lowest BCUT2D eigenvalue weighted by Crippen LogP contribution is -2.28.